The van der Waals surface area contributed by atoms with Crippen LogP contribution in [0.1, 0.15) is 21.5 Å². The lowest BCUT2D eigenvalue weighted by molar-refractivity contribution is -0.0501. The van der Waals surface area contributed by atoms with Crippen LogP contribution in [-0.2, 0) is 0 Å². The summed E-state index contributed by atoms with van der Waals surface area (Å²) < 4.78 is 28.1. The fraction of sp³-hybridized carbons (Fsp3) is 0.300. The molecule has 0 saturated carbocycles. The van der Waals surface area contributed by atoms with Gasteiger partial charge in [0.2, 0.25) is 0 Å². The summed E-state index contributed by atoms with van der Waals surface area (Å²) in [6.07, 6.45) is 0.504. The zero-order chi connectivity index (χ0) is 10.7. The molecule has 14 heavy (non-hydrogen) atoms. The predicted octanol–water partition coefficient (Wildman–Crippen LogP) is 2.72. The minimum absolute atomic E-state index is 0.0712. The second-order valence-electron chi connectivity index (χ2n) is 2.97. The third-order valence-electron chi connectivity index (χ3n) is 1.97. The van der Waals surface area contributed by atoms with Gasteiger partial charge in [-0.3, -0.25) is 4.79 Å². The number of hydrogen-bond donors (Lipinski definition) is 0. The van der Waals surface area contributed by atoms with Crippen molar-refractivity contribution in [3.63, 3.8) is 0 Å². The average molecular weight is 200 g/mol. The van der Waals surface area contributed by atoms with E-state index in [1.54, 1.807) is 13.8 Å². The molecular formula is C10H10F2O2. The second kappa shape index (κ2) is 4.17. The summed E-state index contributed by atoms with van der Waals surface area (Å²) in [5.41, 5.74) is 1.83. The van der Waals surface area contributed by atoms with Gasteiger partial charge in [0.15, 0.2) is 6.29 Å². The van der Waals surface area contributed by atoms with E-state index in [-0.39, 0.29) is 11.3 Å². The van der Waals surface area contributed by atoms with E-state index in [2.05, 4.69) is 4.74 Å². The smallest absolute Gasteiger partial charge is 0.387 e. The molecule has 0 fully saturated rings. The Morgan fingerprint density at radius 2 is 1.86 bits per heavy atom. The third kappa shape index (κ3) is 2.28. The molecule has 1 aromatic rings. The number of rotatable bonds is 3. The number of benzene rings is 1. The van der Waals surface area contributed by atoms with Gasteiger partial charge in [-0.25, -0.2) is 0 Å². The van der Waals surface area contributed by atoms with Gasteiger partial charge in [0.05, 0.1) is 5.56 Å². The van der Waals surface area contributed by atoms with E-state index in [0.29, 0.717) is 6.29 Å². The molecule has 76 valence electrons. The van der Waals surface area contributed by atoms with Crippen LogP contribution in [0.2, 0.25) is 0 Å². The highest BCUT2D eigenvalue weighted by Gasteiger charge is 2.10. The van der Waals surface area contributed by atoms with Crippen LogP contribution in [0.3, 0.4) is 0 Å². The normalized spacial score (nSPS) is 10.4. The fourth-order valence-corrected chi connectivity index (χ4v) is 1.10. The molecule has 0 aliphatic heterocycles. The molecule has 0 N–H and O–H groups in total. The van der Waals surface area contributed by atoms with E-state index in [0.717, 1.165) is 11.1 Å². The summed E-state index contributed by atoms with van der Waals surface area (Å²) in [6, 6.07) is 2.96. The molecule has 2 nitrogen and oxygen atoms in total. The first-order valence-electron chi connectivity index (χ1n) is 4.06. The van der Waals surface area contributed by atoms with Crippen LogP contribution in [-0.4, -0.2) is 12.9 Å². The number of aryl methyl sites for hydroxylation is 2. The summed E-state index contributed by atoms with van der Waals surface area (Å²) in [7, 11) is 0. The van der Waals surface area contributed by atoms with Crippen LogP contribution >= 0.6 is 0 Å². The number of ether oxygens (including phenoxy) is 1. The number of hydrogen-bond acceptors (Lipinski definition) is 2. The number of halogens is 2. The topological polar surface area (TPSA) is 26.3 Å². The van der Waals surface area contributed by atoms with Crippen LogP contribution in [0, 0.1) is 13.8 Å². The van der Waals surface area contributed by atoms with Crippen molar-refractivity contribution in [1.29, 1.82) is 0 Å². The minimum atomic E-state index is -2.91. The van der Waals surface area contributed by atoms with Crippen LogP contribution in [0.4, 0.5) is 8.78 Å². The summed E-state index contributed by atoms with van der Waals surface area (Å²) in [5, 5.41) is 0. The van der Waals surface area contributed by atoms with Crippen molar-refractivity contribution in [1.82, 2.24) is 0 Å². The zero-order valence-electron chi connectivity index (χ0n) is 7.88. The van der Waals surface area contributed by atoms with Crippen molar-refractivity contribution in [3.05, 3.63) is 28.8 Å². The van der Waals surface area contributed by atoms with Crippen LogP contribution in [0.25, 0.3) is 0 Å². The first-order chi connectivity index (χ1) is 6.54. The molecule has 0 aliphatic rings. The van der Waals surface area contributed by atoms with Crippen molar-refractivity contribution in [2.45, 2.75) is 20.5 Å². The third-order valence-corrected chi connectivity index (χ3v) is 1.97. The minimum Gasteiger partial charge on any atom is -0.434 e. The zero-order valence-corrected chi connectivity index (χ0v) is 7.88. The molecule has 0 aromatic heterocycles. The summed E-state index contributed by atoms with van der Waals surface area (Å²) >= 11 is 0. The molecule has 0 atom stereocenters. The van der Waals surface area contributed by atoms with Gasteiger partial charge in [0.1, 0.15) is 5.75 Å². The first kappa shape index (κ1) is 10.6. The quantitative estimate of drug-likeness (QED) is 0.701. The Kier molecular flexibility index (Phi) is 3.17. The van der Waals surface area contributed by atoms with Gasteiger partial charge in [0.25, 0.3) is 0 Å². The van der Waals surface area contributed by atoms with Crippen molar-refractivity contribution in [3.8, 4) is 5.75 Å². The Morgan fingerprint density at radius 1 is 1.29 bits per heavy atom. The number of carbonyl (C=O) groups is 1. The molecule has 1 aromatic carbocycles. The molecule has 4 heteroatoms. The van der Waals surface area contributed by atoms with Crippen molar-refractivity contribution in [2.24, 2.45) is 0 Å². The molecule has 0 unspecified atom stereocenters. The Balaban J connectivity index is 3.13. The van der Waals surface area contributed by atoms with Crippen LogP contribution < -0.4 is 4.74 Å². The maximum atomic E-state index is 11.9. The number of alkyl halides is 2. The number of carbonyl (C=O) groups excluding carboxylic acids is 1. The van der Waals surface area contributed by atoms with Gasteiger partial charge in [-0.15, -0.1) is 0 Å². The van der Waals surface area contributed by atoms with Crippen molar-refractivity contribution >= 4 is 6.29 Å². The van der Waals surface area contributed by atoms with E-state index in [1.807, 2.05) is 0 Å². The van der Waals surface area contributed by atoms with E-state index in [4.69, 9.17) is 0 Å². The second-order valence-corrected chi connectivity index (χ2v) is 2.97. The Bertz CT molecular complexity index is 348. The van der Waals surface area contributed by atoms with Crippen LogP contribution in [0.5, 0.6) is 5.75 Å². The molecule has 0 radical (unpaired) electrons. The SMILES string of the molecule is Cc1cc(C=O)c(OC(F)F)cc1C. The maximum Gasteiger partial charge on any atom is 0.387 e. The fourth-order valence-electron chi connectivity index (χ4n) is 1.10. The van der Waals surface area contributed by atoms with Gasteiger partial charge in [-0.05, 0) is 37.1 Å². The molecule has 0 saturated heterocycles. The molecule has 0 spiro atoms. The molecular weight excluding hydrogens is 190 g/mol. The number of aldehydes is 1. The maximum absolute atomic E-state index is 11.9. The lowest BCUT2D eigenvalue weighted by Crippen LogP contribution is -2.05. The molecule has 0 amide bonds. The van der Waals surface area contributed by atoms with Crippen molar-refractivity contribution in [2.75, 3.05) is 0 Å². The van der Waals surface area contributed by atoms with E-state index in [9.17, 15) is 13.6 Å². The van der Waals surface area contributed by atoms with E-state index in [1.165, 1.54) is 12.1 Å². The van der Waals surface area contributed by atoms with Gasteiger partial charge in [-0.2, -0.15) is 8.78 Å². The average Bonchev–Trinajstić information content (AvgIpc) is 2.10. The van der Waals surface area contributed by atoms with Crippen molar-refractivity contribution < 1.29 is 18.3 Å². The lowest BCUT2D eigenvalue weighted by Gasteiger charge is -2.09. The standard InChI is InChI=1S/C10H10F2O2/c1-6-3-8(5-13)9(4-7(6)2)14-10(11)12/h3-5,10H,1-2H3. The monoisotopic (exact) mass is 200 g/mol. The lowest BCUT2D eigenvalue weighted by atomic mass is 10.1. The summed E-state index contributed by atoms with van der Waals surface area (Å²) in [6.45, 7) is 0.660. The van der Waals surface area contributed by atoms with E-state index < -0.39 is 6.61 Å². The summed E-state index contributed by atoms with van der Waals surface area (Å²) in [4.78, 5) is 10.5. The van der Waals surface area contributed by atoms with Gasteiger partial charge >= 0.3 is 6.61 Å². The van der Waals surface area contributed by atoms with Gasteiger partial charge < -0.3 is 4.74 Å². The molecule has 0 bridgehead atoms. The predicted molar refractivity (Wildman–Crippen MR) is 47.9 cm³/mol. The first-order valence-corrected chi connectivity index (χ1v) is 4.06. The Morgan fingerprint density at radius 3 is 2.36 bits per heavy atom. The highest BCUT2D eigenvalue weighted by molar-refractivity contribution is 5.80. The Labute approximate surface area is 80.5 Å². The van der Waals surface area contributed by atoms with Crippen LogP contribution in [0.15, 0.2) is 12.1 Å². The van der Waals surface area contributed by atoms with E-state index >= 15 is 0 Å². The van der Waals surface area contributed by atoms with Gasteiger partial charge in [0, 0.05) is 0 Å². The largest absolute Gasteiger partial charge is 0.434 e. The highest BCUT2D eigenvalue weighted by Crippen LogP contribution is 2.23. The molecule has 0 aliphatic carbocycles. The molecule has 0 heterocycles. The highest BCUT2D eigenvalue weighted by atomic mass is 19.3. The van der Waals surface area contributed by atoms with Gasteiger partial charge in [-0.1, -0.05) is 0 Å². The Hall–Kier alpha value is -1.45. The molecule has 1 rings (SSSR count). The summed E-state index contributed by atoms with van der Waals surface area (Å²) in [5.74, 6) is -0.0712.